The molecular weight excluding hydrogens is 380 g/mol. The first-order chi connectivity index (χ1) is 14.6. The molecule has 2 aliphatic rings. The number of carbonyl (C=O) groups excluding carboxylic acids is 2. The van der Waals surface area contributed by atoms with Crippen molar-refractivity contribution in [3.05, 3.63) is 53.7 Å². The highest BCUT2D eigenvalue weighted by molar-refractivity contribution is 5.98. The van der Waals surface area contributed by atoms with Gasteiger partial charge in [0.1, 0.15) is 11.4 Å². The Kier molecular flexibility index (Phi) is 4.58. The van der Waals surface area contributed by atoms with Crippen LogP contribution in [0, 0.1) is 0 Å². The van der Waals surface area contributed by atoms with Crippen LogP contribution in [0.2, 0.25) is 0 Å². The molecule has 3 heterocycles. The lowest BCUT2D eigenvalue weighted by atomic mass is 10.0. The van der Waals surface area contributed by atoms with Gasteiger partial charge in [-0.1, -0.05) is 0 Å². The van der Waals surface area contributed by atoms with Gasteiger partial charge in [0.05, 0.1) is 7.11 Å². The SMILES string of the molecule is COc1ccc2[nH]c(C(=O)N3CCN(c4ccc5c(c4)CCC(=O)N5)CC3)cc2c1. The van der Waals surface area contributed by atoms with Crippen LogP contribution in [-0.4, -0.2) is 55.0 Å². The number of piperazine rings is 1. The molecule has 5 rings (SSSR count). The second-order valence-electron chi connectivity index (χ2n) is 7.81. The van der Waals surface area contributed by atoms with Crippen LogP contribution in [0.5, 0.6) is 5.75 Å². The number of benzene rings is 2. The normalized spacial score (nSPS) is 16.4. The van der Waals surface area contributed by atoms with E-state index in [0.717, 1.165) is 47.5 Å². The summed E-state index contributed by atoms with van der Waals surface area (Å²) in [5.41, 5.74) is 4.78. The van der Waals surface area contributed by atoms with E-state index < -0.39 is 0 Å². The summed E-state index contributed by atoms with van der Waals surface area (Å²) in [7, 11) is 1.64. The molecule has 1 fully saturated rings. The number of nitrogens with one attached hydrogen (secondary N) is 2. The van der Waals surface area contributed by atoms with E-state index in [1.54, 1.807) is 7.11 Å². The predicted octanol–water partition coefficient (Wildman–Crippen LogP) is 3.02. The van der Waals surface area contributed by atoms with E-state index in [9.17, 15) is 9.59 Å². The molecule has 2 aromatic carbocycles. The fourth-order valence-electron chi connectivity index (χ4n) is 4.26. The van der Waals surface area contributed by atoms with E-state index >= 15 is 0 Å². The number of carbonyl (C=O) groups is 2. The summed E-state index contributed by atoms with van der Waals surface area (Å²) in [6, 6.07) is 13.8. The van der Waals surface area contributed by atoms with E-state index in [-0.39, 0.29) is 11.8 Å². The molecule has 3 aromatic rings. The summed E-state index contributed by atoms with van der Waals surface area (Å²) in [6.45, 7) is 2.91. The van der Waals surface area contributed by atoms with Gasteiger partial charge in [-0.25, -0.2) is 0 Å². The summed E-state index contributed by atoms with van der Waals surface area (Å²) in [6.07, 6.45) is 1.31. The van der Waals surface area contributed by atoms with Crippen molar-refractivity contribution in [1.82, 2.24) is 9.88 Å². The van der Waals surface area contributed by atoms with Gasteiger partial charge in [-0.05, 0) is 54.4 Å². The number of H-pyrrole nitrogens is 1. The fourth-order valence-corrected chi connectivity index (χ4v) is 4.26. The van der Waals surface area contributed by atoms with Crippen LogP contribution in [0.15, 0.2) is 42.5 Å². The van der Waals surface area contributed by atoms with Gasteiger partial charge in [0.25, 0.3) is 5.91 Å². The number of ether oxygens (including phenoxy) is 1. The second kappa shape index (κ2) is 7.40. The van der Waals surface area contributed by atoms with Crippen LogP contribution in [-0.2, 0) is 11.2 Å². The quantitative estimate of drug-likeness (QED) is 0.704. The van der Waals surface area contributed by atoms with Crippen molar-refractivity contribution in [2.24, 2.45) is 0 Å². The number of aromatic nitrogens is 1. The minimum absolute atomic E-state index is 0.0259. The zero-order valence-electron chi connectivity index (χ0n) is 16.9. The number of fused-ring (bicyclic) bond motifs is 2. The first-order valence-corrected chi connectivity index (χ1v) is 10.2. The molecule has 0 aliphatic carbocycles. The molecule has 0 unspecified atom stereocenters. The van der Waals surface area contributed by atoms with Gasteiger partial charge in [-0.15, -0.1) is 0 Å². The maximum absolute atomic E-state index is 13.0. The topological polar surface area (TPSA) is 77.7 Å². The van der Waals surface area contributed by atoms with Crippen molar-refractivity contribution in [1.29, 1.82) is 0 Å². The maximum atomic E-state index is 13.0. The van der Waals surface area contributed by atoms with Crippen LogP contribution >= 0.6 is 0 Å². The lowest BCUT2D eigenvalue weighted by Crippen LogP contribution is -2.48. The van der Waals surface area contributed by atoms with E-state index in [1.165, 1.54) is 5.56 Å². The van der Waals surface area contributed by atoms with Crippen molar-refractivity contribution in [2.45, 2.75) is 12.8 Å². The maximum Gasteiger partial charge on any atom is 0.270 e. The average molecular weight is 404 g/mol. The Morgan fingerprint density at radius 2 is 1.83 bits per heavy atom. The van der Waals surface area contributed by atoms with Gasteiger partial charge < -0.3 is 24.8 Å². The van der Waals surface area contributed by atoms with Gasteiger partial charge in [0.15, 0.2) is 0 Å². The lowest BCUT2D eigenvalue weighted by molar-refractivity contribution is -0.116. The highest BCUT2D eigenvalue weighted by Crippen LogP contribution is 2.28. The third-order valence-corrected chi connectivity index (χ3v) is 5.97. The van der Waals surface area contributed by atoms with Crippen LogP contribution < -0.4 is 15.0 Å². The van der Waals surface area contributed by atoms with Gasteiger partial charge in [-0.3, -0.25) is 9.59 Å². The highest BCUT2D eigenvalue weighted by Gasteiger charge is 2.24. The summed E-state index contributed by atoms with van der Waals surface area (Å²) >= 11 is 0. The van der Waals surface area contributed by atoms with Gasteiger partial charge in [-0.2, -0.15) is 0 Å². The largest absolute Gasteiger partial charge is 0.497 e. The van der Waals surface area contributed by atoms with Crippen molar-refractivity contribution >= 4 is 34.1 Å². The van der Waals surface area contributed by atoms with E-state index in [4.69, 9.17) is 4.74 Å². The average Bonchev–Trinajstić information content (AvgIpc) is 3.21. The standard InChI is InChI=1S/C23H24N4O3/c1-30-18-4-6-20-16(13-18)14-21(24-20)23(29)27-10-8-26(9-11-27)17-3-5-19-15(12-17)2-7-22(28)25-19/h3-6,12-14,24H,2,7-11H2,1H3,(H,25,28). The number of hydrogen-bond donors (Lipinski definition) is 2. The third kappa shape index (κ3) is 3.36. The molecule has 2 aliphatic heterocycles. The first kappa shape index (κ1) is 18.5. The molecule has 0 radical (unpaired) electrons. The van der Waals surface area contributed by atoms with Gasteiger partial charge in [0, 0.05) is 54.9 Å². The molecular formula is C23H24N4O3. The Morgan fingerprint density at radius 1 is 1.00 bits per heavy atom. The summed E-state index contributed by atoms with van der Waals surface area (Å²) in [4.78, 5) is 32.0. The van der Waals surface area contributed by atoms with Crippen LogP contribution in [0.25, 0.3) is 10.9 Å². The number of nitrogens with zero attached hydrogens (tertiary/aromatic N) is 2. The van der Waals surface area contributed by atoms with Crippen molar-refractivity contribution in [3.8, 4) is 5.75 Å². The number of aromatic amines is 1. The number of rotatable bonds is 3. The van der Waals surface area contributed by atoms with Crippen molar-refractivity contribution in [2.75, 3.05) is 43.5 Å². The number of aryl methyl sites for hydroxylation is 1. The number of amides is 2. The highest BCUT2D eigenvalue weighted by atomic mass is 16.5. The molecule has 7 nitrogen and oxygen atoms in total. The molecule has 7 heteroatoms. The van der Waals surface area contributed by atoms with Crippen LogP contribution in [0.4, 0.5) is 11.4 Å². The minimum atomic E-state index is 0.0259. The Morgan fingerprint density at radius 3 is 2.63 bits per heavy atom. The Balaban J connectivity index is 1.27. The van der Waals surface area contributed by atoms with Gasteiger partial charge in [0.2, 0.25) is 5.91 Å². The molecule has 0 spiro atoms. The first-order valence-electron chi connectivity index (χ1n) is 10.2. The Hall–Kier alpha value is -3.48. The minimum Gasteiger partial charge on any atom is -0.497 e. The number of anilines is 2. The number of hydrogen-bond acceptors (Lipinski definition) is 4. The molecule has 0 bridgehead atoms. The monoisotopic (exact) mass is 404 g/mol. The molecule has 0 saturated carbocycles. The summed E-state index contributed by atoms with van der Waals surface area (Å²) in [5.74, 6) is 0.884. The Bertz CT molecular complexity index is 1130. The van der Waals surface area contributed by atoms with Crippen molar-refractivity contribution in [3.63, 3.8) is 0 Å². The van der Waals surface area contributed by atoms with Gasteiger partial charge >= 0.3 is 0 Å². The van der Waals surface area contributed by atoms with E-state index in [0.29, 0.717) is 25.2 Å². The van der Waals surface area contributed by atoms with E-state index in [2.05, 4.69) is 21.3 Å². The third-order valence-electron chi connectivity index (χ3n) is 5.97. The zero-order valence-corrected chi connectivity index (χ0v) is 16.9. The summed E-state index contributed by atoms with van der Waals surface area (Å²) in [5, 5.41) is 3.90. The smallest absolute Gasteiger partial charge is 0.270 e. The number of methoxy groups -OCH3 is 1. The Labute approximate surface area is 174 Å². The molecule has 0 atom stereocenters. The molecule has 2 amide bonds. The van der Waals surface area contributed by atoms with Crippen LogP contribution in [0.1, 0.15) is 22.5 Å². The molecule has 154 valence electrons. The predicted molar refractivity (Wildman–Crippen MR) is 116 cm³/mol. The lowest BCUT2D eigenvalue weighted by Gasteiger charge is -2.36. The van der Waals surface area contributed by atoms with Crippen molar-refractivity contribution < 1.29 is 14.3 Å². The molecule has 1 aromatic heterocycles. The molecule has 1 saturated heterocycles. The van der Waals surface area contributed by atoms with Crippen LogP contribution in [0.3, 0.4) is 0 Å². The molecule has 30 heavy (non-hydrogen) atoms. The van der Waals surface area contributed by atoms with E-state index in [1.807, 2.05) is 41.3 Å². The fraction of sp³-hybridized carbons (Fsp3) is 0.304. The molecule has 2 N–H and O–H groups in total. The zero-order chi connectivity index (χ0) is 20.7. The second-order valence-corrected chi connectivity index (χ2v) is 7.81. The summed E-state index contributed by atoms with van der Waals surface area (Å²) < 4.78 is 5.27.